The van der Waals surface area contributed by atoms with Crippen LogP contribution in [0.1, 0.15) is 5.56 Å². The molecule has 0 radical (unpaired) electrons. The van der Waals surface area contributed by atoms with E-state index in [2.05, 4.69) is 21.2 Å². The van der Waals surface area contributed by atoms with Gasteiger partial charge in [-0.2, -0.15) is 0 Å². The van der Waals surface area contributed by atoms with Gasteiger partial charge in [0.05, 0.1) is 7.11 Å². The van der Waals surface area contributed by atoms with Gasteiger partial charge in [0.1, 0.15) is 11.5 Å². The number of methoxy groups -OCH3 is 1. The van der Waals surface area contributed by atoms with Crippen molar-refractivity contribution < 1.29 is 14.3 Å². The van der Waals surface area contributed by atoms with Crippen molar-refractivity contribution in [2.45, 2.75) is 6.42 Å². The average Bonchev–Trinajstić information content (AvgIpc) is 2.53. The minimum atomic E-state index is -0.144. The maximum atomic E-state index is 11.8. The first-order chi connectivity index (χ1) is 10.7. The number of halogens is 1. The fourth-order valence-corrected chi connectivity index (χ4v) is 2.38. The highest BCUT2D eigenvalue weighted by Gasteiger charge is 2.05. The molecule has 0 saturated heterocycles. The molecule has 0 heterocycles. The number of nitrogens with one attached hydrogen (secondary N) is 1. The van der Waals surface area contributed by atoms with E-state index in [4.69, 9.17) is 9.47 Å². The highest BCUT2D eigenvalue weighted by molar-refractivity contribution is 9.10. The maximum absolute atomic E-state index is 11.8. The van der Waals surface area contributed by atoms with E-state index in [9.17, 15) is 4.79 Å². The largest absolute Gasteiger partial charge is 0.496 e. The Morgan fingerprint density at radius 1 is 1.18 bits per heavy atom. The van der Waals surface area contributed by atoms with Gasteiger partial charge in [0.2, 0.25) is 0 Å². The van der Waals surface area contributed by atoms with Crippen molar-refractivity contribution >= 4 is 21.8 Å². The number of amides is 1. The summed E-state index contributed by atoms with van der Waals surface area (Å²) in [5, 5.41) is 2.84. The monoisotopic (exact) mass is 363 g/mol. The van der Waals surface area contributed by atoms with Gasteiger partial charge in [0.25, 0.3) is 5.91 Å². The maximum Gasteiger partial charge on any atom is 0.257 e. The second-order valence-electron chi connectivity index (χ2n) is 4.66. The Bertz CT molecular complexity index is 631. The minimum Gasteiger partial charge on any atom is -0.496 e. The van der Waals surface area contributed by atoms with Crippen LogP contribution in [0.4, 0.5) is 0 Å². The summed E-state index contributed by atoms with van der Waals surface area (Å²) in [4.78, 5) is 11.8. The van der Waals surface area contributed by atoms with Crippen LogP contribution < -0.4 is 14.8 Å². The fourth-order valence-electron chi connectivity index (χ4n) is 2.00. The van der Waals surface area contributed by atoms with E-state index in [1.165, 1.54) is 0 Å². The summed E-state index contributed by atoms with van der Waals surface area (Å²) in [5.41, 5.74) is 1.07. The number of para-hydroxylation sites is 1. The van der Waals surface area contributed by atoms with Gasteiger partial charge >= 0.3 is 0 Å². The van der Waals surface area contributed by atoms with Crippen LogP contribution >= 0.6 is 15.9 Å². The van der Waals surface area contributed by atoms with Crippen LogP contribution in [0.25, 0.3) is 0 Å². The van der Waals surface area contributed by atoms with Gasteiger partial charge in [-0.05, 0) is 36.2 Å². The molecule has 0 fully saturated rings. The molecule has 4 nitrogen and oxygen atoms in total. The molecule has 116 valence electrons. The van der Waals surface area contributed by atoms with E-state index >= 15 is 0 Å². The normalized spacial score (nSPS) is 10.1. The molecule has 2 aromatic carbocycles. The molecular weight excluding hydrogens is 346 g/mol. The van der Waals surface area contributed by atoms with Crippen molar-refractivity contribution in [1.29, 1.82) is 0 Å². The minimum absolute atomic E-state index is 0.00236. The van der Waals surface area contributed by atoms with E-state index in [0.717, 1.165) is 15.8 Å². The van der Waals surface area contributed by atoms with E-state index in [0.29, 0.717) is 18.7 Å². The highest BCUT2D eigenvalue weighted by atomic mass is 79.9. The first kappa shape index (κ1) is 16.4. The summed E-state index contributed by atoms with van der Waals surface area (Å²) in [6.45, 7) is 0.545. The summed E-state index contributed by atoms with van der Waals surface area (Å²) < 4.78 is 11.6. The Kier molecular flexibility index (Phi) is 6.27. The van der Waals surface area contributed by atoms with Crippen LogP contribution in [0.15, 0.2) is 53.0 Å². The molecule has 5 heteroatoms. The average molecular weight is 364 g/mol. The molecule has 0 unspecified atom stereocenters. The van der Waals surface area contributed by atoms with Gasteiger partial charge in [-0.1, -0.05) is 40.2 Å². The summed E-state index contributed by atoms with van der Waals surface area (Å²) >= 11 is 3.36. The molecule has 2 rings (SSSR count). The topological polar surface area (TPSA) is 47.6 Å². The van der Waals surface area contributed by atoms with Gasteiger partial charge in [-0.3, -0.25) is 4.79 Å². The Hall–Kier alpha value is -2.01. The lowest BCUT2D eigenvalue weighted by molar-refractivity contribution is -0.123. The lowest BCUT2D eigenvalue weighted by atomic mass is 10.1. The fraction of sp³-hybridized carbons (Fsp3) is 0.235. The van der Waals surface area contributed by atoms with Crippen molar-refractivity contribution in [3.8, 4) is 11.5 Å². The molecule has 0 saturated carbocycles. The van der Waals surface area contributed by atoms with E-state index < -0.39 is 0 Å². The molecule has 0 bridgehead atoms. The predicted octanol–water partition coefficient (Wildman–Crippen LogP) is 3.20. The molecule has 0 aliphatic carbocycles. The van der Waals surface area contributed by atoms with Gasteiger partial charge in [-0.15, -0.1) is 0 Å². The predicted molar refractivity (Wildman–Crippen MR) is 89.3 cm³/mol. The van der Waals surface area contributed by atoms with Crippen molar-refractivity contribution in [3.63, 3.8) is 0 Å². The van der Waals surface area contributed by atoms with Crippen molar-refractivity contribution in [2.24, 2.45) is 0 Å². The highest BCUT2D eigenvalue weighted by Crippen LogP contribution is 2.18. The van der Waals surface area contributed by atoms with Gasteiger partial charge in [0.15, 0.2) is 6.61 Å². The van der Waals surface area contributed by atoms with Gasteiger partial charge in [0, 0.05) is 11.0 Å². The lowest BCUT2D eigenvalue weighted by Crippen LogP contribution is -2.30. The van der Waals surface area contributed by atoms with Crippen molar-refractivity contribution in [3.05, 3.63) is 58.6 Å². The third-order valence-electron chi connectivity index (χ3n) is 3.08. The van der Waals surface area contributed by atoms with E-state index in [1.807, 2.05) is 48.5 Å². The number of rotatable bonds is 7. The number of benzene rings is 2. The summed E-state index contributed by atoms with van der Waals surface area (Å²) in [6, 6.07) is 15.2. The summed E-state index contributed by atoms with van der Waals surface area (Å²) in [5.74, 6) is 1.35. The molecule has 0 spiro atoms. The first-order valence-corrected chi connectivity index (χ1v) is 7.75. The molecule has 1 N–H and O–H groups in total. The summed E-state index contributed by atoms with van der Waals surface area (Å²) in [7, 11) is 1.64. The molecule has 0 aliphatic heterocycles. The molecule has 0 aromatic heterocycles. The Morgan fingerprint density at radius 2 is 2.00 bits per heavy atom. The van der Waals surface area contributed by atoms with Crippen LogP contribution in [0, 0.1) is 0 Å². The second kappa shape index (κ2) is 8.44. The lowest BCUT2D eigenvalue weighted by Gasteiger charge is -2.10. The van der Waals surface area contributed by atoms with Crippen LogP contribution in [0.3, 0.4) is 0 Å². The zero-order valence-electron chi connectivity index (χ0n) is 12.3. The zero-order valence-corrected chi connectivity index (χ0v) is 13.9. The van der Waals surface area contributed by atoms with Crippen LogP contribution in [0.2, 0.25) is 0 Å². The Morgan fingerprint density at radius 3 is 2.77 bits per heavy atom. The number of hydrogen-bond donors (Lipinski definition) is 1. The third-order valence-corrected chi connectivity index (χ3v) is 3.57. The first-order valence-electron chi connectivity index (χ1n) is 6.96. The SMILES string of the molecule is COc1ccccc1CCNC(=O)COc1cccc(Br)c1. The standard InChI is InChI=1S/C17H18BrNO3/c1-21-16-8-3-2-5-13(16)9-10-19-17(20)12-22-15-7-4-6-14(18)11-15/h2-8,11H,9-10,12H2,1H3,(H,19,20). The molecule has 1 amide bonds. The zero-order chi connectivity index (χ0) is 15.8. The number of carbonyl (C=O) groups is 1. The van der Waals surface area contributed by atoms with Gasteiger partial charge < -0.3 is 14.8 Å². The molecule has 0 atom stereocenters. The van der Waals surface area contributed by atoms with E-state index in [1.54, 1.807) is 7.11 Å². The summed E-state index contributed by atoms with van der Waals surface area (Å²) in [6.07, 6.45) is 0.715. The number of carbonyl (C=O) groups excluding carboxylic acids is 1. The molecule has 0 aliphatic rings. The smallest absolute Gasteiger partial charge is 0.257 e. The van der Waals surface area contributed by atoms with Crippen LogP contribution in [-0.2, 0) is 11.2 Å². The third kappa shape index (κ3) is 5.07. The van der Waals surface area contributed by atoms with Crippen LogP contribution in [-0.4, -0.2) is 26.2 Å². The molecule has 22 heavy (non-hydrogen) atoms. The van der Waals surface area contributed by atoms with Crippen LogP contribution in [0.5, 0.6) is 11.5 Å². The molecular formula is C17H18BrNO3. The van der Waals surface area contributed by atoms with E-state index in [-0.39, 0.29) is 12.5 Å². The quantitative estimate of drug-likeness (QED) is 0.821. The number of hydrogen-bond acceptors (Lipinski definition) is 3. The van der Waals surface area contributed by atoms with Crippen molar-refractivity contribution in [1.82, 2.24) is 5.32 Å². The number of ether oxygens (including phenoxy) is 2. The molecule has 2 aromatic rings. The van der Waals surface area contributed by atoms with Crippen molar-refractivity contribution in [2.75, 3.05) is 20.3 Å². The Balaban J connectivity index is 1.74. The Labute approximate surface area is 138 Å². The van der Waals surface area contributed by atoms with Gasteiger partial charge in [-0.25, -0.2) is 0 Å². The second-order valence-corrected chi connectivity index (χ2v) is 5.57.